The molecule has 1 heterocycles. The molecule has 2 N–H and O–H groups in total. The summed E-state index contributed by atoms with van der Waals surface area (Å²) in [5.41, 5.74) is 0.586. The van der Waals surface area contributed by atoms with Crippen LogP contribution < -0.4 is 5.32 Å². The van der Waals surface area contributed by atoms with Gasteiger partial charge >= 0.3 is 0 Å². The summed E-state index contributed by atoms with van der Waals surface area (Å²) in [5, 5.41) is 13.5. The molecule has 1 saturated heterocycles. The van der Waals surface area contributed by atoms with Crippen LogP contribution in [0.25, 0.3) is 0 Å². The van der Waals surface area contributed by atoms with Gasteiger partial charge in [-0.1, -0.05) is 11.6 Å². The lowest BCUT2D eigenvalue weighted by molar-refractivity contribution is -0.133. The number of carbonyl (C=O) groups is 1. The fourth-order valence-electron chi connectivity index (χ4n) is 3.06. The number of rotatable bonds is 5. The molecule has 1 aromatic carbocycles. The molecule has 0 aromatic heterocycles. The van der Waals surface area contributed by atoms with Crippen LogP contribution >= 0.6 is 11.6 Å². The number of hydrogen-bond donors (Lipinski definition) is 2. The van der Waals surface area contributed by atoms with E-state index in [0.29, 0.717) is 17.1 Å². The van der Waals surface area contributed by atoms with Gasteiger partial charge in [0.1, 0.15) is 11.9 Å². The largest absolute Gasteiger partial charge is 0.383 e. The molecular weight excluding hydrogens is 319 g/mol. The minimum atomic E-state index is -0.930. The highest BCUT2D eigenvalue weighted by molar-refractivity contribution is 6.30. The predicted molar refractivity (Wildman–Crippen MR) is 86.6 cm³/mol. The second kappa shape index (κ2) is 7.16. The van der Waals surface area contributed by atoms with Gasteiger partial charge < -0.3 is 10.4 Å². The fourth-order valence-corrected chi connectivity index (χ4v) is 3.26. The van der Waals surface area contributed by atoms with Gasteiger partial charge in [-0.2, -0.15) is 0 Å². The maximum Gasteiger partial charge on any atom is 0.249 e. The van der Waals surface area contributed by atoms with Crippen molar-refractivity contribution in [2.75, 3.05) is 13.1 Å². The van der Waals surface area contributed by atoms with Crippen molar-refractivity contribution in [3.63, 3.8) is 0 Å². The molecule has 6 heteroatoms. The molecule has 0 bridgehead atoms. The molecule has 126 valence electrons. The van der Waals surface area contributed by atoms with Gasteiger partial charge in [0.15, 0.2) is 0 Å². The first-order valence-corrected chi connectivity index (χ1v) is 8.55. The zero-order valence-corrected chi connectivity index (χ0v) is 13.7. The molecule has 0 radical (unpaired) electrons. The van der Waals surface area contributed by atoms with Crippen molar-refractivity contribution in [2.45, 2.75) is 44.4 Å². The minimum absolute atomic E-state index is 0.0193. The zero-order chi connectivity index (χ0) is 16.4. The highest BCUT2D eigenvalue weighted by Gasteiger charge is 2.33. The van der Waals surface area contributed by atoms with Crippen LogP contribution in [0.4, 0.5) is 4.39 Å². The second-order valence-corrected chi connectivity index (χ2v) is 7.01. The molecule has 4 nitrogen and oxygen atoms in total. The standard InChI is InChI=1S/C17H22ClFN2O2/c18-13-1-4-15(19)12(9-13)10-21-7-5-11(6-8-21)16(22)17(23)20-14-2-3-14/h1,4,9,11,14,16,22H,2-3,5-8,10H2,(H,20,23)/t16-/m0/s1. The first-order chi connectivity index (χ1) is 11.0. The van der Waals surface area contributed by atoms with Crippen molar-refractivity contribution < 1.29 is 14.3 Å². The average Bonchev–Trinajstić information content (AvgIpc) is 3.35. The Hall–Kier alpha value is -1.17. The van der Waals surface area contributed by atoms with E-state index < -0.39 is 6.10 Å². The number of halogens is 2. The molecule has 1 saturated carbocycles. The molecule has 2 aliphatic rings. The van der Waals surface area contributed by atoms with E-state index in [2.05, 4.69) is 10.2 Å². The third-order valence-corrected chi connectivity index (χ3v) is 4.91. The Balaban J connectivity index is 1.49. The van der Waals surface area contributed by atoms with Crippen molar-refractivity contribution in [3.05, 3.63) is 34.6 Å². The minimum Gasteiger partial charge on any atom is -0.383 e. The third-order valence-electron chi connectivity index (χ3n) is 4.67. The first kappa shape index (κ1) is 16.7. The highest BCUT2D eigenvalue weighted by Crippen LogP contribution is 2.25. The number of benzene rings is 1. The highest BCUT2D eigenvalue weighted by atomic mass is 35.5. The van der Waals surface area contributed by atoms with E-state index in [9.17, 15) is 14.3 Å². The zero-order valence-electron chi connectivity index (χ0n) is 13.0. The van der Waals surface area contributed by atoms with Gasteiger partial charge in [-0.3, -0.25) is 9.69 Å². The van der Waals surface area contributed by atoms with Gasteiger partial charge in [0.2, 0.25) is 5.91 Å². The molecular formula is C17H22ClFN2O2. The maximum atomic E-state index is 13.8. The number of piperidine rings is 1. The Morgan fingerprint density at radius 3 is 2.70 bits per heavy atom. The molecule has 3 rings (SSSR count). The van der Waals surface area contributed by atoms with Gasteiger partial charge in [0.05, 0.1) is 0 Å². The van der Waals surface area contributed by atoms with E-state index in [4.69, 9.17) is 11.6 Å². The monoisotopic (exact) mass is 340 g/mol. The number of aliphatic hydroxyl groups excluding tert-OH is 1. The van der Waals surface area contributed by atoms with Crippen LogP contribution in [0, 0.1) is 11.7 Å². The van der Waals surface area contributed by atoms with E-state index >= 15 is 0 Å². The quantitative estimate of drug-likeness (QED) is 0.865. The van der Waals surface area contributed by atoms with Gasteiger partial charge in [-0.05, 0) is 62.9 Å². The lowest BCUT2D eigenvalue weighted by atomic mass is 9.90. The van der Waals surface area contributed by atoms with Crippen molar-refractivity contribution in [2.24, 2.45) is 5.92 Å². The molecule has 1 atom stereocenters. The number of amides is 1. The van der Waals surface area contributed by atoms with E-state index in [1.54, 1.807) is 12.1 Å². The van der Waals surface area contributed by atoms with Gasteiger partial charge in [0, 0.05) is 23.2 Å². The van der Waals surface area contributed by atoms with E-state index in [1.807, 2.05) is 0 Å². The number of nitrogens with zero attached hydrogens (tertiary/aromatic N) is 1. The molecule has 0 spiro atoms. The molecule has 1 aliphatic heterocycles. The molecule has 1 aliphatic carbocycles. The van der Waals surface area contributed by atoms with Crippen LogP contribution in [0.3, 0.4) is 0 Å². The Kier molecular flexibility index (Phi) is 5.19. The van der Waals surface area contributed by atoms with Crippen LogP contribution in [-0.4, -0.2) is 41.1 Å². The van der Waals surface area contributed by atoms with Crippen molar-refractivity contribution >= 4 is 17.5 Å². The summed E-state index contributed by atoms with van der Waals surface area (Å²) < 4.78 is 13.8. The molecule has 23 heavy (non-hydrogen) atoms. The lowest BCUT2D eigenvalue weighted by Crippen LogP contribution is -2.45. The molecule has 1 aromatic rings. The smallest absolute Gasteiger partial charge is 0.249 e. The number of aliphatic hydroxyl groups is 1. The van der Waals surface area contributed by atoms with Crippen LogP contribution in [0.15, 0.2) is 18.2 Å². The number of hydrogen-bond acceptors (Lipinski definition) is 3. The van der Waals surface area contributed by atoms with Crippen LogP contribution in [0.5, 0.6) is 0 Å². The van der Waals surface area contributed by atoms with E-state index in [-0.39, 0.29) is 23.7 Å². The Morgan fingerprint density at radius 1 is 1.35 bits per heavy atom. The Labute approximate surface area is 140 Å². The Bertz CT molecular complexity index is 572. The van der Waals surface area contributed by atoms with Crippen molar-refractivity contribution in [1.29, 1.82) is 0 Å². The summed E-state index contributed by atoms with van der Waals surface area (Å²) in [5.74, 6) is -0.513. The molecule has 2 fully saturated rings. The summed E-state index contributed by atoms with van der Waals surface area (Å²) in [6, 6.07) is 4.85. The van der Waals surface area contributed by atoms with E-state index in [0.717, 1.165) is 38.8 Å². The van der Waals surface area contributed by atoms with Gasteiger partial charge in [-0.25, -0.2) is 4.39 Å². The van der Waals surface area contributed by atoms with Crippen LogP contribution in [-0.2, 0) is 11.3 Å². The molecule has 1 amide bonds. The van der Waals surface area contributed by atoms with Crippen LogP contribution in [0.2, 0.25) is 5.02 Å². The summed E-state index contributed by atoms with van der Waals surface area (Å²) in [4.78, 5) is 14.0. The average molecular weight is 341 g/mol. The fraction of sp³-hybridized carbons (Fsp3) is 0.588. The van der Waals surface area contributed by atoms with Gasteiger partial charge in [0.25, 0.3) is 0 Å². The number of carbonyl (C=O) groups excluding carboxylic acids is 1. The normalized spacial score (nSPS) is 21.2. The Morgan fingerprint density at radius 2 is 2.04 bits per heavy atom. The van der Waals surface area contributed by atoms with Crippen molar-refractivity contribution in [1.82, 2.24) is 10.2 Å². The van der Waals surface area contributed by atoms with Crippen LogP contribution in [0.1, 0.15) is 31.2 Å². The van der Waals surface area contributed by atoms with E-state index in [1.165, 1.54) is 6.07 Å². The van der Waals surface area contributed by atoms with Gasteiger partial charge in [-0.15, -0.1) is 0 Å². The first-order valence-electron chi connectivity index (χ1n) is 8.17. The summed E-state index contributed by atoms with van der Waals surface area (Å²) in [6.45, 7) is 1.98. The summed E-state index contributed by atoms with van der Waals surface area (Å²) in [7, 11) is 0. The third kappa shape index (κ3) is 4.43. The number of nitrogens with one attached hydrogen (secondary N) is 1. The predicted octanol–water partition coefficient (Wildman–Crippen LogP) is 2.33. The lowest BCUT2D eigenvalue weighted by Gasteiger charge is -2.33. The molecule has 0 unspecified atom stereocenters. The topological polar surface area (TPSA) is 52.6 Å². The second-order valence-electron chi connectivity index (χ2n) is 6.58. The summed E-state index contributed by atoms with van der Waals surface area (Å²) in [6.07, 6.45) is 2.58. The number of likely N-dealkylation sites (tertiary alicyclic amines) is 1. The summed E-state index contributed by atoms with van der Waals surface area (Å²) >= 11 is 5.92. The SMILES string of the molecule is O=C(NC1CC1)[C@@H](O)C1CCN(Cc2cc(Cl)ccc2F)CC1. The van der Waals surface area contributed by atoms with Crippen molar-refractivity contribution in [3.8, 4) is 0 Å². The maximum absolute atomic E-state index is 13.8.